The first kappa shape index (κ1) is 19.7. The molecule has 1 aliphatic rings. The van der Waals surface area contributed by atoms with E-state index >= 15 is 0 Å². The van der Waals surface area contributed by atoms with Crippen molar-refractivity contribution in [3.8, 4) is 11.3 Å². The molecule has 0 radical (unpaired) electrons. The summed E-state index contributed by atoms with van der Waals surface area (Å²) >= 11 is 1.50. The first-order valence-corrected chi connectivity index (χ1v) is 11.0. The van der Waals surface area contributed by atoms with E-state index in [1.54, 1.807) is 19.2 Å². The third-order valence-electron chi connectivity index (χ3n) is 5.58. The Bertz CT molecular complexity index is 1360. The summed E-state index contributed by atoms with van der Waals surface area (Å²) < 4.78 is 1.05. The number of benzene rings is 1. The third-order valence-corrected chi connectivity index (χ3v) is 6.74. The second-order valence-corrected chi connectivity index (χ2v) is 8.89. The molecule has 0 aliphatic carbocycles. The second kappa shape index (κ2) is 7.44. The van der Waals surface area contributed by atoms with E-state index in [2.05, 4.69) is 22.2 Å². The Labute approximate surface area is 183 Å². The Balaban J connectivity index is 1.72. The number of carbonyl (C=O) groups excluding carboxylic acids is 1. The zero-order valence-corrected chi connectivity index (χ0v) is 18.1. The number of aromatic nitrogens is 2. The average Bonchev–Trinajstić information content (AvgIpc) is 3.09. The SMILES string of the molecule is C=Cc1cc(-c2ccc3c(ccc4sc5c(c43)NC[C@@H](C)NC5=O)n2)c(C(C)O)cn1. The van der Waals surface area contributed by atoms with Crippen molar-refractivity contribution < 1.29 is 9.90 Å². The van der Waals surface area contributed by atoms with E-state index in [-0.39, 0.29) is 11.9 Å². The number of amides is 1. The molecule has 0 spiro atoms. The summed E-state index contributed by atoms with van der Waals surface area (Å²) in [7, 11) is 0. The van der Waals surface area contributed by atoms with E-state index in [1.807, 2.05) is 37.3 Å². The van der Waals surface area contributed by atoms with Gasteiger partial charge in [0.15, 0.2) is 0 Å². The molecule has 156 valence electrons. The lowest BCUT2D eigenvalue weighted by atomic mass is 10.00. The molecule has 1 amide bonds. The first-order valence-electron chi connectivity index (χ1n) is 10.2. The van der Waals surface area contributed by atoms with Crippen molar-refractivity contribution in [3.63, 3.8) is 0 Å². The third kappa shape index (κ3) is 3.26. The summed E-state index contributed by atoms with van der Waals surface area (Å²) in [6.45, 7) is 8.17. The van der Waals surface area contributed by atoms with Crippen LogP contribution >= 0.6 is 11.3 Å². The van der Waals surface area contributed by atoms with E-state index in [0.29, 0.717) is 11.4 Å². The fraction of sp³-hybridized carbons (Fsp3) is 0.208. The summed E-state index contributed by atoms with van der Waals surface area (Å²) in [5.41, 5.74) is 4.74. The number of rotatable bonds is 3. The molecule has 1 aliphatic heterocycles. The molecule has 2 atom stereocenters. The number of pyridine rings is 2. The van der Waals surface area contributed by atoms with Gasteiger partial charge < -0.3 is 15.7 Å². The minimum Gasteiger partial charge on any atom is -0.389 e. The topological polar surface area (TPSA) is 87.1 Å². The highest BCUT2D eigenvalue weighted by atomic mass is 32.1. The van der Waals surface area contributed by atoms with Gasteiger partial charge in [-0.15, -0.1) is 11.3 Å². The van der Waals surface area contributed by atoms with Crippen molar-refractivity contribution in [1.82, 2.24) is 15.3 Å². The molecule has 0 bridgehead atoms. The molecule has 0 saturated carbocycles. The minimum absolute atomic E-state index is 0.0401. The zero-order chi connectivity index (χ0) is 21.7. The number of nitrogens with one attached hydrogen (secondary N) is 2. The largest absolute Gasteiger partial charge is 0.389 e. The Morgan fingerprint density at radius 3 is 2.94 bits per heavy atom. The van der Waals surface area contributed by atoms with Gasteiger partial charge in [0.05, 0.1) is 28.7 Å². The molecule has 1 aromatic carbocycles. The van der Waals surface area contributed by atoms with Crippen LogP contribution in [-0.2, 0) is 0 Å². The van der Waals surface area contributed by atoms with E-state index in [1.165, 1.54) is 11.3 Å². The minimum atomic E-state index is -0.668. The van der Waals surface area contributed by atoms with Crippen LogP contribution in [0.3, 0.4) is 0 Å². The van der Waals surface area contributed by atoms with Crippen molar-refractivity contribution in [2.24, 2.45) is 0 Å². The molecule has 4 heterocycles. The van der Waals surface area contributed by atoms with Gasteiger partial charge in [0.25, 0.3) is 5.91 Å². The Morgan fingerprint density at radius 2 is 2.16 bits per heavy atom. The van der Waals surface area contributed by atoms with Gasteiger partial charge in [0, 0.05) is 45.4 Å². The van der Waals surface area contributed by atoms with Gasteiger partial charge in [0.2, 0.25) is 0 Å². The predicted molar refractivity (Wildman–Crippen MR) is 126 cm³/mol. The number of carbonyl (C=O) groups is 1. The highest BCUT2D eigenvalue weighted by Crippen LogP contribution is 2.41. The van der Waals surface area contributed by atoms with E-state index < -0.39 is 6.10 Å². The molecule has 3 N–H and O–H groups in total. The molecule has 7 heteroatoms. The van der Waals surface area contributed by atoms with Crippen molar-refractivity contribution >= 4 is 50.0 Å². The van der Waals surface area contributed by atoms with Gasteiger partial charge in [-0.3, -0.25) is 9.78 Å². The molecular formula is C24H22N4O2S. The van der Waals surface area contributed by atoms with E-state index in [4.69, 9.17) is 4.98 Å². The summed E-state index contributed by atoms with van der Waals surface area (Å²) in [4.78, 5) is 22.6. The molecule has 5 rings (SSSR count). The molecular weight excluding hydrogens is 408 g/mol. The monoisotopic (exact) mass is 430 g/mol. The van der Waals surface area contributed by atoms with Crippen LogP contribution in [0.2, 0.25) is 0 Å². The van der Waals surface area contributed by atoms with Crippen LogP contribution in [0.25, 0.3) is 38.3 Å². The number of aliphatic hydroxyl groups is 1. The fourth-order valence-electron chi connectivity index (χ4n) is 4.02. The molecule has 0 fully saturated rings. The lowest BCUT2D eigenvalue weighted by molar-refractivity contribution is 0.0949. The van der Waals surface area contributed by atoms with Gasteiger partial charge in [-0.25, -0.2) is 4.98 Å². The number of aliphatic hydroxyl groups excluding tert-OH is 1. The Hall–Kier alpha value is -3.29. The smallest absolute Gasteiger partial charge is 0.263 e. The van der Waals surface area contributed by atoms with Crippen LogP contribution in [-0.4, -0.2) is 33.6 Å². The van der Waals surface area contributed by atoms with E-state index in [0.717, 1.165) is 49.2 Å². The van der Waals surface area contributed by atoms with Gasteiger partial charge in [-0.1, -0.05) is 6.58 Å². The highest BCUT2D eigenvalue weighted by molar-refractivity contribution is 7.21. The van der Waals surface area contributed by atoms with Crippen LogP contribution in [0.15, 0.2) is 43.1 Å². The lowest BCUT2D eigenvalue weighted by Crippen LogP contribution is -2.34. The van der Waals surface area contributed by atoms with Gasteiger partial charge in [-0.05, 0) is 50.3 Å². The normalized spacial score (nSPS) is 17.0. The summed E-state index contributed by atoms with van der Waals surface area (Å²) in [5, 5.41) is 18.7. The van der Waals surface area contributed by atoms with Crippen molar-refractivity contribution in [3.05, 3.63) is 59.2 Å². The number of fused-ring (bicyclic) bond motifs is 5. The molecule has 6 nitrogen and oxygen atoms in total. The number of hydrogen-bond donors (Lipinski definition) is 3. The van der Waals surface area contributed by atoms with Crippen LogP contribution in [0, 0.1) is 0 Å². The summed E-state index contributed by atoms with van der Waals surface area (Å²) in [5.74, 6) is -0.0401. The maximum atomic E-state index is 12.6. The fourth-order valence-corrected chi connectivity index (χ4v) is 5.12. The van der Waals surface area contributed by atoms with E-state index in [9.17, 15) is 9.90 Å². The maximum absolute atomic E-state index is 12.6. The van der Waals surface area contributed by atoms with Gasteiger partial charge in [0.1, 0.15) is 4.88 Å². The highest BCUT2D eigenvalue weighted by Gasteiger charge is 2.25. The predicted octanol–water partition coefficient (Wildman–Crippen LogP) is 4.75. The standard InChI is InChI=1S/C24H22N4O2S/c1-4-14-9-16(17(11-25-14)13(3)29)19-6-5-15-18(28-19)7-8-20-21(15)22-23(31-20)24(30)27-12(2)10-26-22/h4-9,11-13,26,29H,1,10H2,2-3H3,(H,27,30)/t12-,13?/m1/s1. The quantitative estimate of drug-likeness (QED) is 0.437. The molecule has 0 saturated heterocycles. The zero-order valence-electron chi connectivity index (χ0n) is 17.3. The van der Waals surface area contributed by atoms with Crippen LogP contribution in [0.5, 0.6) is 0 Å². The van der Waals surface area contributed by atoms with Gasteiger partial charge in [-0.2, -0.15) is 0 Å². The average molecular weight is 431 g/mol. The number of anilines is 1. The van der Waals surface area contributed by atoms with Crippen LogP contribution in [0.1, 0.15) is 40.9 Å². The van der Waals surface area contributed by atoms with Crippen molar-refractivity contribution in [1.29, 1.82) is 0 Å². The van der Waals surface area contributed by atoms with Gasteiger partial charge >= 0.3 is 0 Å². The molecule has 3 aromatic heterocycles. The number of nitrogens with zero attached hydrogens (tertiary/aromatic N) is 2. The van der Waals surface area contributed by atoms with Crippen molar-refractivity contribution in [2.45, 2.75) is 26.0 Å². The second-order valence-electron chi connectivity index (χ2n) is 7.84. The summed E-state index contributed by atoms with van der Waals surface area (Å²) in [6.07, 6.45) is 2.69. The van der Waals surface area contributed by atoms with Crippen LogP contribution in [0.4, 0.5) is 5.69 Å². The summed E-state index contributed by atoms with van der Waals surface area (Å²) in [6, 6.07) is 9.95. The maximum Gasteiger partial charge on any atom is 0.263 e. The number of hydrogen-bond acceptors (Lipinski definition) is 6. The Morgan fingerprint density at radius 1 is 1.32 bits per heavy atom. The lowest BCUT2D eigenvalue weighted by Gasteiger charge is -2.13. The van der Waals surface area contributed by atoms with Crippen LogP contribution < -0.4 is 10.6 Å². The Kier molecular flexibility index (Phi) is 4.72. The first-order chi connectivity index (χ1) is 15.0. The molecule has 1 unspecified atom stereocenters. The van der Waals surface area contributed by atoms with Crippen molar-refractivity contribution in [2.75, 3.05) is 11.9 Å². The molecule has 4 aromatic rings. The molecule has 31 heavy (non-hydrogen) atoms. The number of thiophene rings is 1.